The summed E-state index contributed by atoms with van der Waals surface area (Å²) in [7, 11) is 0. The van der Waals surface area contributed by atoms with Crippen molar-refractivity contribution in [3.05, 3.63) is 34.9 Å². The van der Waals surface area contributed by atoms with Crippen LogP contribution in [0.25, 0.3) is 0 Å². The lowest BCUT2D eigenvalue weighted by Crippen LogP contribution is -2.19. The van der Waals surface area contributed by atoms with E-state index in [4.69, 9.17) is 0 Å². The van der Waals surface area contributed by atoms with Gasteiger partial charge in [-0.25, -0.2) is 0 Å². The van der Waals surface area contributed by atoms with Gasteiger partial charge < -0.3 is 0 Å². The van der Waals surface area contributed by atoms with Crippen LogP contribution in [-0.4, -0.2) is 6.29 Å². The fourth-order valence-corrected chi connectivity index (χ4v) is 2.39. The van der Waals surface area contributed by atoms with Crippen molar-refractivity contribution in [3.63, 3.8) is 0 Å². The van der Waals surface area contributed by atoms with E-state index >= 15 is 0 Å². The number of carbonyl (C=O) groups is 1. The Labute approximate surface area is 135 Å². The predicted octanol–water partition coefficient (Wildman–Crippen LogP) is 5.99. The maximum atomic E-state index is 10.3. The molecule has 1 aliphatic rings. The molecule has 1 rings (SSSR count). The first kappa shape index (κ1) is 18.4. The van der Waals surface area contributed by atoms with Crippen LogP contribution in [0.1, 0.15) is 47.0 Å². The van der Waals surface area contributed by atoms with E-state index in [1.807, 2.05) is 13.0 Å². The van der Waals surface area contributed by atoms with Crippen LogP contribution in [0.3, 0.4) is 0 Å². The number of rotatable bonds is 3. The molecule has 0 bridgehead atoms. The van der Waals surface area contributed by atoms with Crippen molar-refractivity contribution in [3.8, 4) is 0 Å². The summed E-state index contributed by atoms with van der Waals surface area (Å²) in [4.78, 5) is 10.3. The third-order valence-corrected chi connectivity index (χ3v) is 3.39. The summed E-state index contributed by atoms with van der Waals surface area (Å²) < 4.78 is 0. The summed E-state index contributed by atoms with van der Waals surface area (Å²) in [5.74, 6) is 0. The lowest BCUT2D eigenvalue weighted by atomic mass is 9.72. The predicted molar refractivity (Wildman–Crippen MR) is 97.3 cm³/mol. The Kier molecular flexibility index (Phi) is 9.47. The standard InChI is InChI=1S/C15H22O.I2/c1-12(9-11-16)7-8-14-13(2)6-5-10-15(14,3)4;1-2/h7-9,11H,5-6,10H2,1-4H3;/b8-7+,12-9+;. The molecule has 0 aromatic carbocycles. The van der Waals surface area contributed by atoms with E-state index in [-0.39, 0.29) is 5.41 Å². The molecule has 3 heteroatoms. The van der Waals surface area contributed by atoms with Gasteiger partial charge in [0.05, 0.1) is 0 Å². The normalized spacial score (nSPS) is 19.6. The van der Waals surface area contributed by atoms with Crippen LogP contribution in [0.4, 0.5) is 0 Å². The fraction of sp³-hybridized carbons (Fsp3) is 0.533. The van der Waals surface area contributed by atoms with Gasteiger partial charge in [-0.2, -0.15) is 0 Å². The van der Waals surface area contributed by atoms with Crippen molar-refractivity contribution in [2.24, 2.45) is 5.41 Å². The van der Waals surface area contributed by atoms with Gasteiger partial charge >= 0.3 is 0 Å². The van der Waals surface area contributed by atoms with Crippen LogP contribution in [-0.2, 0) is 4.79 Å². The molecule has 0 saturated heterocycles. The smallest absolute Gasteiger partial charge is 0.143 e. The number of hydrogen-bond acceptors (Lipinski definition) is 1. The second kappa shape index (κ2) is 9.28. The first-order valence-corrected chi connectivity index (χ1v) is 12.4. The van der Waals surface area contributed by atoms with Gasteiger partial charge in [0.2, 0.25) is 0 Å². The van der Waals surface area contributed by atoms with E-state index in [1.54, 1.807) is 6.08 Å². The molecule has 0 atom stereocenters. The lowest BCUT2D eigenvalue weighted by molar-refractivity contribution is -0.104. The van der Waals surface area contributed by atoms with Crippen molar-refractivity contribution < 1.29 is 4.79 Å². The molecular formula is C15H22I2O. The highest BCUT2D eigenvalue weighted by Crippen LogP contribution is 2.40. The Balaban J connectivity index is 0.00000137. The summed E-state index contributed by atoms with van der Waals surface area (Å²) in [5.41, 5.74) is 4.22. The van der Waals surface area contributed by atoms with Crippen molar-refractivity contribution >= 4 is 43.5 Å². The molecule has 0 unspecified atom stereocenters. The molecule has 0 aliphatic heterocycles. The zero-order valence-electron chi connectivity index (χ0n) is 11.6. The Morgan fingerprint density at radius 3 is 2.44 bits per heavy atom. The Bertz CT molecular complexity index is 363. The summed E-state index contributed by atoms with van der Waals surface area (Å²) >= 11 is 4.24. The van der Waals surface area contributed by atoms with Gasteiger partial charge in [-0.15, -0.1) is 0 Å². The van der Waals surface area contributed by atoms with Crippen LogP contribution in [0.5, 0.6) is 0 Å². The number of halogens is 2. The first-order chi connectivity index (χ1) is 8.47. The van der Waals surface area contributed by atoms with E-state index in [2.05, 4.69) is 64.1 Å². The number of allylic oxidation sites excluding steroid dienone is 6. The van der Waals surface area contributed by atoms with E-state index in [0.29, 0.717) is 0 Å². The third kappa shape index (κ3) is 5.99. The van der Waals surface area contributed by atoms with E-state index in [1.165, 1.54) is 30.4 Å². The molecule has 0 amide bonds. The third-order valence-electron chi connectivity index (χ3n) is 3.39. The number of carbonyl (C=O) groups excluding carboxylic acids is 1. The SMILES string of the molecule is CC1=C(/C=C/C(C)=C/C=O)C(C)(C)CCC1.II. The second-order valence-corrected chi connectivity index (χ2v) is 5.31. The number of hydrogen-bond donors (Lipinski definition) is 0. The Morgan fingerprint density at radius 1 is 1.33 bits per heavy atom. The van der Waals surface area contributed by atoms with Crippen LogP contribution in [0.15, 0.2) is 34.9 Å². The van der Waals surface area contributed by atoms with Gasteiger partial charge in [0.15, 0.2) is 0 Å². The highest BCUT2D eigenvalue weighted by atomic mass is 128. The topological polar surface area (TPSA) is 17.1 Å². The van der Waals surface area contributed by atoms with E-state index in [9.17, 15) is 4.79 Å². The molecule has 0 fully saturated rings. The summed E-state index contributed by atoms with van der Waals surface area (Å²) in [6.07, 6.45) is 10.4. The average Bonchev–Trinajstić information content (AvgIpc) is 2.30. The zero-order chi connectivity index (χ0) is 14.2. The molecule has 102 valence electrons. The largest absolute Gasteiger partial charge is 0.299 e. The Hall–Kier alpha value is 0.350. The van der Waals surface area contributed by atoms with Crippen LogP contribution in [0, 0.1) is 5.41 Å². The van der Waals surface area contributed by atoms with Crippen LogP contribution >= 0.6 is 37.2 Å². The first-order valence-electron chi connectivity index (χ1n) is 6.12. The van der Waals surface area contributed by atoms with Gasteiger partial charge in [-0.05, 0) is 55.7 Å². The lowest BCUT2D eigenvalue weighted by Gasteiger charge is -2.32. The highest BCUT2D eigenvalue weighted by molar-refractivity contribution is 15.0. The summed E-state index contributed by atoms with van der Waals surface area (Å²) in [6.45, 7) is 8.78. The number of aldehydes is 1. The molecule has 0 aromatic heterocycles. The summed E-state index contributed by atoms with van der Waals surface area (Å²) in [6, 6.07) is 0. The maximum Gasteiger partial charge on any atom is 0.143 e. The monoisotopic (exact) mass is 472 g/mol. The molecule has 0 spiro atoms. The van der Waals surface area contributed by atoms with E-state index < -0.39 is 0 Å². The van der Waals surface area contributed by atoms with Crippen molar-refractivity contribution in [2.75, 3.05) is 0 Å². The molecule has 0 saturated carbocycles. The van der Waals surface area contributed by atoms with Gasteiger partial charge in [-0.3, -0.25) is 4.79 Å². The molecule has 0 radical (unpaired) electrons. The highest BCUT2D eigenvalue weighted by Gasteiger charge is 2.26. The average molecular weight is 472 g/mol. The van der Waals surface area contributed by atoms with Gasteiger partial charge in [-0.1, -0.05) is 31.6 Å². The Morgan fingerprint density at radius 2 is 1.94 bits per heavy atom. The minimum absolute atomic E-state index is 0.278. The second-order valence-electron chi connectivity index (χ2n) is 5.31. The molecular weight excluding hydrogens is 450 g/mol. The van der Waals surface area contributed by atoms with Gasteiger partial charge in [0.1, 0.15) is 6.29 Å². The molecule has 0 aromatic rings. The molecule has 18 heavy (non-hydrogen) atoms. The minimum atomic E-state index is 0.278. The van der Waals surface area contributed by atoms with Crippen molar-refractivity contribution in [1.29, 1.82) is 0 Å². The minimum Gasteiger partial charge on any atom is -0.299 e. The summed E-state index contributed by atoms with van der Waals surface area (Å²) in [5, 5.41) is 0. The van der Waals surface area contributed by atoms with Gasteiger partial charge in [0, 0.05) is 37.2 Å². The van der Waals surface area contributed by atoms with Crippen LogP contribution < -0.4 is 0 Å². The molecule has 1 nitrogen and oxygen atoms in total. The van der Waals surface area contributed by atoms with Crippen LogP contribution in [0.2, 0.25) is 0 Å². The molecule has 0 heterocycles. The maximum absolute atomic E-state index is 10.3. The quantitative estimate of drug-likeness (QED) is 0.214. The van der Waals surface area contributed by atoms with Crippen molar-refractivity contribution in [1.82, 2.24) is 0 Å². The van der Waals surface area contributed by atoms with Crippen molar-refractivity contribution in [2.45, 2.75) is 47.0 Å². The molecule has 1 aliphatic carbocycles. The van der Waals surface area contributed by atoms with Gasteiger partial charge in [0.25, 0.3) is 0 Å². The molecule has 0 N–H and O–H groups in total. The zero-order valence-corrected chi connectivity index (χ0v) is 15.9. The fourth-order valence-electron chi connectivity index (χ4n) is 2.39. The van der Waals surface area contributed by atoms with E-state index in [0.717, 1.165) is 11.9 Å².